The summed E-state index contributed by atoms with van der Waals surface area (Å²) in [4.78, 5) is 0. The lowest BCUT2D eigenvalue weighted by Gasteiger charge is -2.36. The molecule has 0 spiro atoms. The Balaban J connectivity index is 3.20. The summed E-state index contributed by atoms with van der Waals surface area (Å²) in [6.45, 7) is 4.09. The molecule has 2 nitrogen and oxygen atoms in total. The first-order valence-corrected chi connectivity index (χ1v) is 6.83. The minimum atomic E-state index is -4.68. The minimum Gasteiger partial charge on any atom is -0.496 e. The standard InChI is InChI=1S/C14H18BrF3O2/c1-12(2,8-13(3,19)14(16,17)18)10-7-9(15)5-6-11(10)20-4/h5-7,19H,8H2,1-4H3. The number of halogens is 4. The summed E-state index contributed by atoms with van der Waals surface area (Å²) in [6, 6.07) is 5.15. The van der Waals surface area contributed by atoms with Crippen LogP contribution in [0.4, 0.5) is 13.2 Å². The van der Waals surface area contributed by atoms with Gasteiger partial charge in [0.25, 0.3) is 0 Å². The van der Waals surface area contributed by atoms with Gasteiger partial charge in [0.05, 0.1) is 7.11 Å². The fourth-order valence-corrected chi connectivity index (χ4v) is 2.63. The maximum absolute atomic E-state index is 12.9. The van der Waals surface area contributed by atoms with Crippen molar-refractivity contribution in [1.29, 1.82) is 0 Å². The van der Waals surface area contributed by atoms with Crippen molar-refractivity contribution >= 4 is 15.9 Å². The van der Waals surface area contributed by atoms with E-state index >= 15 is 0 Å². The Morgan fingerprint density at radius 1 is 1.20 bits per heavy atom. The molecule has 0 radical (unpaired) electrons. The van der Waals surface area contributed by atoms with Gasteiger partial charge in [-0.1, -0.05) is 29.8 Å². The average molecular weight is 355 g/mol. The Hall–Kier alpha value is -0.750. The van der Waals surface area contributed by atoms with Crippen LogP contribution < -0.4 is 4.74 Å². The van der Waals surface area contributed by atoms with E-state index in [0.29, 0.717) is 11.3 Å². The molecule has 0 saturated carbocycles. The van der Waals surface area contributed by atoms with Gasteiger partial charge in [-0.15, -0.1) is 0 Å². The van der Waals surface area contributed by atoms with E-state index in [4.69, 9.17) is 4.74 Å². The van der Waals surface area contributed by atoms with Crippen molar-refractivity contribution < 1.29 is 23.0 Å². The molecule has 1 unspecified atom stereocenters. The number of hydrogen-bond acceptors (Lipinski definition) is 2. The van der Waals surface area contributed by atoms with Crippen LogP contribution in [0.5, 0.6) is 5.75 Å². The number of ether oxygens (including phenoxy) is 1. The van der Waals surface area contributed by atoms with Gasteiger partial charge in [-0.2, -0.15) is 13.2 Å². The summed E-state index contributed by atoms with van der Waals surface area (Å²) >= 11 is 3.30. The van der Waals surface area contributed by atoms with Crippen LogP contribution in [-0.2, 0) is 5.41 Å². The van der Waals surface area contributed by atoms with Crippen LogP contribution in [0.15, 0.2) is 22.7 Å². The van der Waals surface area contributed by atoms with E-state index in [-0.39, 0.29) is 0 Å². The van der Waals surface area contributed by atoms with Gasteiger partial charge in [0.2, 0.25) is 0 Å². The smallest absolute Gasteiger partial charge is 0.416 e. The van der Waals surface area contributed by atoms with Crippen LogP contribution >= 0.6 is 15.9 Å². The van der Waals surface area contributed by atoms with Crippen LogP contribution in [-0.4, -0.2) is 24.0 Å². The highest BCUT2D eigenvalue weighted by Gasteiger charge is 2.52. The van der Waals surface area contributed by atoms with Crippen LogP contribution in [0.25, 0.3) is 0 Å². The quantitative estimate of drug-likeness (QED) is 0.865. The second kappa shape index (κ2) is 5.56. The lowest BCUT2D eigenvalue weighted by Crippen LogP contribution is -2.46. The van der Waals surface area contributed by atoms with Gasteiger partial charge in [0.15, 0.2) is 5.60 Å². The second-order valence-corrected chi connectivity index (χ2v) is 6.59. The molecular formula is C14H18BrF3O2. The Morgan fingerprint density at radius 2 is 1.75 bits per heavy atom. The molecule has 20 heavy (non-hydrogen) atoms. The highest BCUT2D eigenvalue weighted by Crippen LogP contribution is 2.43. The molecule has 0 saturated heterocycles. The molecule has 1 aromatic carbocycles. The Kier molecular flexibility index (Phi) is 4.81. The minimum absolute atomic E-state index is 0.462. The molecule has 1 N–H and O–H groups in total. The number of alkyl halides is 3. The van der Waals surface area contributed by atoms with E-state index in [1.54, 1.807) is 32.0 Å². The molecule has 0 heterocycles. The summed E-state index contributed by atoms with van der Waals surface area (Å²) in [7, 11) is 1.46. The summed E-state index contributed by atoms with van der Waals surface area (Å²) in [5.74, 6) is 0.496. The zero-order valence-corrected chi connectivity index (χ0v) is 13.4. The van der Waals surface area contributed by atoms with Gasteiger partial charge in [0.1, 0.15) is 5.75 Å². The fourth-order valence-electron chi connectivity index (χ4n) is 2.27. The molecule has 0 aromatic heterocycles. The van der Waals surface area contributed by atoms with Gasteiger partial charge in [-0.3, -0.25) is 0 Å². The van der Waals surface area contributed by atoms with Gasteiger partial charge >= 0.3 is 6.18 Å². The molecule has 0 aliphatic carbocycles. The number of benzene rings is 1. The Bertz CT molecular complexity index is 482. The third-order valence-electron chi connectivity index (χ3n) is 3.29. The zero-order chi connectivity index (χ0) is 15.8. The van der Waals surface area contributed by atoms with Crippen molar-refractivity contribution in [3.63, 3.8) is 0 Å². The van der Waals surface area contributed by atoms with Crippen molar-refractivity contribution in [1.82, 2.24) is 0 Å². The average Bonchev–Trinajstić information content (AvgIpc) is 2.26. The van der Waals surface area contributed by atoms with Gasteiger partial charge in [-0.05, 0) is 37.0 Å². The second-order valence-electron chi connectivity index (χ2n) is 5.68. The molecule has 0 amide bonds. The number of hydrogen-bond donors (Lipinski definition) is 1. The lowest BCUT2D eigenvalue weighted by molar-refractivity contribution is -0.259. The first-order chi connectivity index (χ1) is 8.90. The van der Waals surface area contributed by atoms with Crippen molar-refractivity contribution in [2.75, 3.05) is 7.11 Å². The zero-order valence-electron chi connectivity index (χ0n) is 11.8. The maximum Gasteiger partial charge on any atom is 0.416 e. The van der Waals surface area contributed by atoms with Crippen molar-refractivity contribution in [3.8, 4) is 5.75 Å². The van der Waals surface area contributed by atoms with Crippen molar-refractivity contribution in [2.24, 2.45) is 0 Å². The predicted molar refractivity (Wildman–Crippen MR) is 75.0 cm³/mol. The van der Waals surface area contributed by atoms with E-state index < -0.39 is 23.6 Å². The Morgan fingerprint density at radius 3 is 2.20 bits per heavy atom. The molecule has 114 valence electrons. The predicted octanol–water partition coefficient (Wildman–Crippen LogP) is 4.44. The van der Waals surface area contributed by atoms with E-state index in [1.165, 1.54) is 7.11 Å². The first-order valence-electron chi connectivity index (χ1n) is 6.04. The third kappa shape index (κ3) is 3.67. The summed E-state index contributed by atoms with van der Waals surface area (Å²) in [5, 5.41) is 9.70. The normalized spacial score (nSPS) is 15.8. The van der Waals surface area contributed by atoms with Gasteiger partial charge in [-0.25, -0.2) is 0 Å². The largest absolute Gasteiger partial charge is 0.496 e. The molecule has 6 heteroatoms. The summed E-state index contributed by atoms with van der Waals surface area (Å²) < 4.78 is 44.5. The molecule has 0 fully saturated rings. The lowest BCUT2D eigenvalue weighted by atomic mass is 9.75. The van der Waals surface area contributed by atoms with Crippen molar-refractivity contribution in [2.45, 2.75) is 44.4 Å². The highest BCUT2D eigenvalue weighted by molar-refractivity contribution is 9.10. The van der Waals surface area contributed by atoms with Crippen LogP contribution in [0.3, 0.4) is 0 Å². The fraction of sp³-hybridized carbons (Fsp3) is 0.571. The van der Waals surface area contributed by atoms with Gasteiger partial charge in [0, 0.05) is 10.0 Å². The SMILES string of the molecule is COc1ccc(Br)cc1C(C)(C)CC(C)(O)C(F)(F)F. The Labute approximate surface area is 125 Å². The number of rotatable bonds is 4. The number of aliphatic hydroxyl groups is 1. The van der Waals surface area contributed by atoms with E-state index in [1.807, 2.05) is 0 Å². The van der Waals surface area contributed by atoms with Gasteiger partial charge < -0.3 is 9.84 Å². The first kappa shape index (κ1) is 17.3. The van der Waals surface area contributed by atoms with E-state index in [9.17, 15) is 18.3 Å². The molecule has 0 bridgehead atoms. The highest BCUT2D eigenvalue weighted by atomic mass is 79.9. The third-order valence-corrected chi connectivity index (χ3v) is 3.78. The molecular weight excluding hydrogens is 337 g/mol. The molecule has 0 aliphatic heterocycles. The molecule has 0 aliphatic rings. The van der Waals surface area contributed by atoms with Crippen LogP contribution in [0.1, 0.15) is 32.8 Å². The van der Waals surface area contributed by atoms with E-state index in [2.05, 4.69) is 15.9 Å². The van der Waals surface area contributed by atoms with E-state index in [0.717, 1.165) is 11.4 Å². The molecule has 1 aromatic rings. The maximum atomic E-state index is 12.9. The summed E-state index contributed by atoms with van der Waals surface area (Å²) in [5.41, 5.74) is -3.06. The monoisotopic (exact) mass is 354 g/mol. The van der Waals surface area contributed by atoms with Crippen LogP contribution in [0.2, 0.25) is 0 Å². The van der Waals surface area contributed by atoms with Crippen LogP contribution in [0, 0.1) is 0 Å². The molecule has 1 rings (SSSR count). The van der Waals surface area contributed by atoms with Crippen molar-refractivity contribution in [3.05, 3.63) is 28.2 Å². The summed E-state index contributed by atoms with van der Waals surface area (Å²) in [6.07, 6.45) is -5.14. The number of methoxy groups -OCH3 is 1. The molecule has 1 atom stereocenters. The topological polar surface area (TPSA) is 29.5 Å².